The van der Waals surface area contributed by atoms with Crippen molar-refractivity contribution in [1.82, 2.24) is 10.2 Å². The number of nitrogens with zero attached hydrogens (tertiary/aromatic N) is 1. The van der Waals surface area contributed by atoms with Gasteiger partial charge in [-0.05, 0) is 47.5 Å². The molecule has 0 aliphatic carbocycles. The van der Waals surface area contributed by atoms with Crippen molar-refractivity contribution in [3.63, 3.8) is 0 Å². The van der Waals surface area contributed by atoms with Crippen molar-refractivity contribution < 1.29 is 9.59 Å². The smallest absolute Gasteiger partial charge is 0.253 e. The van der Waals surface area contributed by atoms with Crippen LogP contribution in [0, 0.1) is 5.41 Å². The summed E-state index contributed by atoms with van der Waals surface area (Å²) in [6.45, 7) is 2.91. The van der Waals surface area contributed by atoms with Crippen molar-refractivity contribution in [3.8, 4) is 0 Å². The SMILES string of the molecule is CNC(=O)C1(C)CCN(C(=O)c2ccc(Cl)c(Br)c2)C1. The lowest BCUT2D eigenvalue weighted by Crippen LogP contribution is -2.40. The van der Waals surface area contributed by atoms with Crippen molar-refractivity contribution in [2.24, 2.45) is 5.41 Å². The molecular formula is C14H16BrClN2O2. The highest BCUT2D eigenvalue weighted by molar-refractivity contribution is 9.10. The normalized spacial score (nSPS) is 21.9. The number of benzene rings is 1. The molecule has 1 aliphatic heterocycles. The van der Waals surface area contributed by atoms with Gasteiger partial charge in [-0.1, -0.05) is 11.6 Å². The minimum absolute atomic E-state index is 0.0231. The Morgan fingerprint density at radius 1 is 1.45 bits per heavy atom. The summed E-state index contributed by atoms with van der Waals surface area (Å²) in [6, 6.07) is 5.10. The molecule has 0 spiro atoms. The number of nitrogens with one attached hydrogen (secondary N) is 1. The van der Waals surface area contributed by atoms with Gasteiger partial charge in [-0.3, -0.25) is 9.59 Å². The molecule has 0 bridgehead atoms. The summed E-state index contributed by atoms with van der Waals surface area (Å²) in [5, 5.41) is 3.23. The van der Waals surface area contributed by atoms with Gasteiger partial charge in [-0.2, -0.15) is 0 Å². The molecule has 0 saturated carbocycles. The molecule has 6 heteroatoms. The molecule has 1 heterocycles. The number of carbonyl (C=O) groups excluding carboxylic acids is 2. The third kappa shape index (κ3) is 2.83. The van der Waals surface area contributed by atoms with Crippen LogP contribution in [0.2, 0.25) is 5.02 Å². The molecule has 1 unspecified atom stereocenters. The molecule has 1 saturated heterocycles. The minimum Gasteiger partial charge on any atom is -0.359 e. The van der Waals surface area contributed by atoms with Crippen LogP contribution in [0.15, 0.2) is 22.7 Å². The number of amides is 2. The highest BCUT2D eigenvalue weighted by atomic mass is 79.9. The third-order valence-corrected chi connectivity index (χ3v) is 4.92. The van der Waals surface area contributed by atoms with Gasteiger partial charge in [0.25, 0.3) is 5.91 Å². The van der Waals surface area contributed by atoms with Crippen molar-refractivity contribution in [3.05, 3.63) is 33.3 Å². The van der Waals surface area contributed by atoms with Gasteiger partial charge in [-0.15, -0.1) is 0 Å². The quantitative estimate of drug-likeness (QED) is 0.882. The standard InChI is InChI=1S/C14H16BrClN2O2/c1-14(13(20)17-2)5-6-18(8-14)12(19)9-3-4-11(16)10(15)7-9/h3-4,7H,5-6,8H2,1-2H3,(H,17,20). The molecule has 20 heavy (non-hydrogen) atoms. The van der Waals surface area contributed by atoms with Crippen molar-refractivity contribution in [1.29, 1.82) is 0 Å². The lowest BCUT2D eigenvalue weighted by Gasteiger charge is -2.22. The lowest BCUT2D eigenvalue weighted by molar-refractivity contribution is -0.128. The number of carbonyl (C=O) groups is 2. The molecule has 2 amide bonds. The molecule has 108 valence electrons. The van der Waals surface area contributed by atoms with E-state index in [1.54, 1.807) is 30.1 Å². The number of likely N-dealkylation sites (tertiary alicyclic amines) is 1. The molecule has 0 aromatic heterocycles. The summed E-state index contributed by atoms with van der Waals surface area (Å²) >= 11 is 9.24. The zero-order valence-electron chi connectivity index (χ0n) is 11.4. The predicted octanol–water partition coefficient (Wildman–Crippen LogP) is 2.70. The monoisotopic (exact) mass is 358 g/mol. The highest BCUT2D eigenvalue weighted by Gasteiger charge is 2.41. The number of halogens is 2. The van der Waals surface area contributed by atoms with Gasteiger partial charge >= 0.3 is 0 Å². The topological polar surface area (TPSA) is 49.4 Å². The van der Waals surface area contributed by atoms with E-state index in [1.165, 1.54) is 0 Å². The van der Waals surface area contributed by atoms with Gasteiger partial charge in [0.05, 0.1) is 10.4 Å². The first kappa shape index (κ1) is 15.3. The van der Waals surface area contributed by atoms with Crippen LogP contribution in [0.1, 0.15) is 23.7 Å². The summed E-state index contributed by atoms with van der Waals surface area (Å²) in [5.74, 6) is -0.0971. The average Bonchev–Trinajstić information content (AvgIpc) is 2.84. The first-order valence-corrected chi connectivity index (χ1v) is 7.51. The Labute approximate surface area is 131 Å². The summed E-state index contributed by atoms with van der Waals surface area (Å²) in [5.41, 5.74) is 0.0658. The summed E-state index contributed by atoms with van der Waals surface area (Å²) in [7, 11) is 1.62. The maximum atomic E-state index is 12.4. The number of rotatable bonds is 2. The van der Waals surface area contributed by atoms with E-state index in [0.717, 1.165) is 0 Å². The predicted molar refractivity (Wildman–Crippen MR) is 81.8 cm³/mol. The molecule has 0 radical (unpaired) electrons. The molecule has 1 aromatic carbocycles. The first-order chi connectivity index (χ1) is 9.37. The van der Waals surface area contributed by atoms with Gasteiger partial charge in [0, 0.05) is 30.2 Å². The Bertz CT molecular complexity index is 564. The average molecular weight is 360 g/mol. The van der Waals surface area contributed by atoms with E-state index in [2.05, 4.69) is 21.2 Å². The van der Waals surface area contributed by atoms with Gasteiger partial charge in [0.1, 0.15) is 0 Å². The van der Waals surface area contributed by atoms with Crippen LogP contribution in [0.5, 0.6) is 0 Å². The number of hydrogen-bond acceptors (Lipinski definition) is 2. The Hall–Kier alpha value is -1.07. The van der Waals surface area contributed by atoms with E-state index in [0.29, 0.717) is 34.6 Å². The second-order valence-corrected chi connectivity index (χ2v) is 6.51. The lowest BCUT2D eigenvalue weighted by atomic mass is 9.89. The van der Waals surface area contributed by atoms with Crippen LogP contribution in [0.4, 0.5) is 0 Å². The van der Waals surface area contributed by atoms with Crippen LogP contribution in [0.25, 0.3) is 0 Å². The van der Waals surface area contributed by atoms with Crippen LogP contribution in [-0.4, -0.2) is 36.9 Å². The number of hydrogen-bond donors (Lipinski definition) is 1. The summed E-state index contributed by atoms with van der Waals surface area (Å²) < 4.78 is 0.693. The maximum absolute atomic E-state index is 12.4. The van der Waals surface area contributed by atoms with E-state index in [-0.39, 0.29) is 11.8 Å². The zero-order valence-corrected chi connectivity index (χ0v) is 13.7. The van der Waals surface area contributed by atoms with Crippen LogP contribution >= 0.6 is 27.5 Å². The Balaban J connectivity index is 2.15. The second kappa shape index (κ2) is 5.74. The van der Waals surface area contributed by atoms with Gasteiger partial charge in [0.15, 0.2) is 0 Å². The van der Waals surface area contributed by atoms with E-state index in [4.69, 9.17) is 11.6 Å². The van der Waals surface area contributed by atoms with Crippen LogP contribution in [0.3, 0.4) is 0 Å². The Morgan fingerprint density at radius 3 is 2.75 bits per heavy atom. The van der Waals surface area contributed by atoms with Gasteiger partial charge in [0.2, 0.25) is 5.91 Å². The maximum Gasteiger partial charge on any atom is 0.253 e. The van der Waals surface area contributed by atoms with Gasteiger partial charge < -0.3 is 10.2 Å². The van der Waals surface area contributed by atoms with E-state index in [1.807, 2.05) is 6.92 Å². The van der Waals surface area contributed by atoms with Crippen LogP contribution in [-0.2, 0) is 4.79 Å². The largest absolute Gasteiger partial charge is 0.359 e. The summed E-state index contributed by atoms with van der Waals surface area (Å²) in [4.78, 5) is 26.0. The minimum atomic E-state index is -0.506. The molecule has 4 nitrogen and oxygen atoms in total. The second-order valence-electron chi connectivity index (χ2n) is 5.25. The molecule has 1 fully saturated rings. The van der Waals surface area contributed by atoms with Crippen LogP contribution < -0.4 is 5.32 Å². The van der Waals surface area contributed by atoms with E-state index < -0.39 is 5.41 Å². The van der Waals surface area contributed by atoms with E-state index >= 15 is 0 Å². The highest BCUT2D eigenvalue weighted by Crippen LogP contribution is 2.31. The Kier molecular flexibility index (Phi) is 4.39. The molecule has 2 rings (SSSR count). The zero-order chi connectivity index (χ0) is 14.9. The third-order valence-electron chi connectivity index (χ3n) is 3.70. The van der Waals surface area contributed by atoms with Crippen molar-refractivity contribution >= 4 is 39.3 Å². The van der Waals surface area contributed by atoms with E-state index in [9.17, 15) is 9.59 Å². The molecule has 1 atom stereocenters. The molecular weight excluding hydrogens is 344 g/mol. The molecule has 1 aromatic rings. The first-order valence-electron chi connectivity index (χ1n) is 6.34. The van der Waals surface area contributed by atoms with Gasteiger partial charge in [-0.25, -0.2) is 0 Å². The molecule has 1 N–H and O–H groups in total. The van der Waals surface area contributed by atoms with Crippen molar-refractivity contribution in [2.45, 2.75) is 13.3 Å². The molecule has 1 aliphatic rings. The van der Waals surface area contributed by atoms with Crippen molar-refractivity contribution in [2.75, 3.05) is 20.1 Å². The Morgan fingerprint density at radius 2 is 2.15 bits per heavy atom. The summed E-state index contributed by atoms with van der Waals surface area (Å²) in [6.07, 6.45) is 0.674. The fourth-order valence-corrected chi connectivity index (χ4v) is 2.93. The fourth-order valence-electron chi connectivity index (χ4n) is 2.43. The fraction of sp³-hybridized carbons (Fsp3) is 0.429.